The fourth-order valence-corrected chi connectivity index (χ4v) is 1.70. The van der Waals surface area contributed by atoms with E-state index >= 15 is 0 Å². The summed E-state index contributed by atoms with van der Waals surface area (Å²) in [6.45, 7) is 8.53. The van der Waals surface area contributed by atoms with E-state index in [1.54, 1.807) is 6.26 Å². The highest BCUT2D eigenvalue weighted by Crippen LogP contribution is 2.10. The van der Waals surface area contributed by atoms with E-state index in [4.69, 9.17) is 4.42 Å². The van der Waals surface area contributed by atoms with Gasteiger partial charge in [-0.2, -0.15) is 0 Å². The van der Waals surface area contributed by atoms with Gasteiger partial charge in [0.1, 0.15) is 5.76 Å². The van der Waals surface area contributed by atoms with Crippen LogP contribution in [0.3, 0.4) is 0 Å². The lowest BCUT2D eigenvalue weighted by Crippen LogP contribution is -2.22. The summed E-state index contributed by atoms with van der Waals surface area (Å²) in [7, 11) is 0. The second-order valence-electron chi connectivity index (χ2n) is 4.00. The lowest BCUT2D eigenvalue weighted by atomic mass is 10.2. The predicted molar refractivity (Wildman–Crippen MR) is 67.6 cm³/mol. The molecule has 0 saturated carbocycles. The van der Waals surface area contributed by atoms with Crippen LogP contribution in [0, 0.1) is 0 Å². The highest BCUT2D eigenvalue weighted by Gasteiger charge is 2.02. The van der Waals surface area contributed by atoms with Crippen LogP contribution in [0.4, 0.5) is 0 Å². The number of furan rings is 1. The van der Waals surface area contributed by atoms with Crippen molar-refractivity contribution in [1.29, 1.82) is 0 Å². The van der Waals surface area contributed by atoms with Gasteiger partial charge in [-0.1, -0.05) is 13.8 Å². The van der Waals surface area contributed by atoms with E-state index in [0.29, 0.717) is 0 Å². The first-order chi connectivity index (χ1) is 7.88. The highest BCUT2D eigenvalue weighted by molar-refractivity contribution is 5.16. The lowest BCUT2D eigenvalue weighted by molar-refractivity contribution is 0.506. The van der Waals surface area contributed by atoms with Gasteiger partial charge in [-0.25, -0.2) is 0 Å². The monoisotopic (exact) mass is 224 g/mol. The number of hydrogen-bond donors (Lipinski definition) is 2. The second-order valence-corrected chi connectivity index (χ2v) is 4.00. The molecule has 2 N–H and O–H groups in total. The highest BCUT2D eigenvalue weighted by atomic mass is 16.3. The van der Waals surface area contributed by atoms with Gasteiger partial charge in [0, 0.05) is 18.5 Å². The molecule has 3 nitrogen and oxygen atoms in total. The topological polar surface area (TPSA) is 37.2 Å². The molecule has 0 aromatic carbocycles. The molecule has 92 valence electrons. The maximum atomic E-state index is 5.37. The van der Waals surface area contributed by atoms with Crippen molar-refractivity contribution in [3.63, 3.8) is 0 Å². The minimum Gasteiger partial charge on any atom is -0.469 e. The predicted octanol–water partition coefficient (Wildman–Crippen LogP) is 2.32. The Labute approximate surface area is 98.6 Å². The van der Waals surface area contributed by atoms with E-state index in [9.17, 15) is 0 Å². The van der Waals surface area contributed by atoms with Crippen molar-refractivity contribution >= 4 is 0 Å². The zero-order valence-corrected chi connectivity index (χ0v) is 10.5. The maximum Gasteiger partial charge on any atom is 0.107 e. The molecule has 0 atom stereocenters. The van der Waals surface area contributed by atoms with Crippen LogP contribution >= 0.6 is 0 Å². The number of hydrogen-bond acceptors (Lipinski definition) is 3. The molecule has 0 spiro atoms. The summed E-state index contributed by atoms with van der Waals surface area (Å²) in [5, 5.41) is 6.83. The Kier molecular flexibility index (Phi) is 6.93. The van der Waals surface area contributed by atoms with Gasteiger partial charge >= 0.3 is 0 Å². The summed E-state index contributed by atoms with van der Waals surface area (Å²) < 4.78 is 5.37. The number of rotatable bonds is 9. The van der Waals surface area contributed by atoms with Crippen LogP contribution in [-0.4, -0.2) is 19.6 Å². The smallest absolute Gasteiger partial charge is 0.107 e. The van der Waals surface area contributed by atoms with E-state index in [0.717, 1.165) is 38.4 Å². The molecule has 0 aliphatic rings. The Balaban J connectivity index is 2.03. The van der Waals surface area contributed by atoms with Crippen LogP contribution in [0.5, 0.6) is 0 Å². The first-order valence-corrected chi connectivity index (χ1v) is 6.35. The van der Waals surface area contributed by atoms with Crippen LogP contribution < -0.4 is 10.6 Å². The molecule has 1 heterocycles. The van der Waals surface area contributed by atoms with Gasteiger partial charge < -0.3 is 15.1 Å². The summed E-state index contributed by atoms with van der Waals surface area (Å²) in [5.74, 6) is 1.11. The molecule has 0 aliphatic heterocycles. The summed E-state index contributed by atoms with van der Waals surface area (Å²) in [6, 6.07) is 2.06. The minimum atomic E-state index is 0.924. The molecule has 3 heteroatoms. The average molecular weight is 224 g/mol. The number of aryl methyl sites for hydroxylation is 1. The van der Waals surface area contributed by atoms with Crippen LogP contribution in [0.25, 0.3) is 0 Å². The summed E-state index contributed by atoms with van der Waals surface area (Å²) in [6.07, 6.45) is 5.14. The molecule has 0 bridgehead atoms. The molecular formula is C13H24N2O. The molecule has 0 radical (unpaired) electrons. The third-order valence-electron chi connectivity index (χ3n) is 2.61. The molecule has 16 heavy (non-hydrogen) atoms. The molecule has 0 unspecified atom stereocenters. The maximum absolute atomic E-state index is 5.37. The van der Waals surface area contributed by atoms with Crippen molar-refractivity contribution in [1.82, 2.24) is 10.6 Å². The Hall–Kier alpha value is -0.800. The molecule has 0 saturated heterocycles. The van der Waals surface area contributed by atoms with E-state index in [1.807, 2.05) is 0 Å². The molecule has 1 aromatic rings. The molecule has 1 aromatic heterocycles. The van der Waals surface area contributed by atoms with Gasteiger partial charge in [0.15, 0.2) is 0 Å². The standard InChI is InChI=1S/C13H24N2O/c1-3-7-14-8-5-9-15-11-12-6-10-16-13(12)4-2/h6,10,14-15H,3-5,7-9,11H2,1-2H3. The lowest BCUT2D eigenvalue weighted by Gasteiger charge is -2.05. The fourth-order valence-electron chi connectivity index (χ4n) is 1.70. The van der Waals surface area contributed by atoms with Crippen molar-refractivity contribution < 1.29 is 4.42 Å². The van der Waals surface area contributed by atoms with E-state index in [-0.39, 0.29) is 0 Å². The Bertz CT molecular complexity index is 271. The first kappa shape index (κ1) is 13.3. The van der Waals surface area contributed by atoms with Gasteiger partial charge in [0.2, 0.25) is 0 Å². The third kappa shape index (κ3) is 4.81. The summed E-state index contributed by atoms with van der Waals surface area (Å²) in [5.41, 5.74) is 1.30. The summed E-state index contributed by atoms with van der Waals surface area (Å²) in [4.78, 5) is 0. The molecule has 0 fully saturated rings. The van der Waals surface area contributed by atoms with Gasteiger partial charge in [0.05, 0.1) is 6.26 Å². The average Bonchev–Trinajstić information content (AvgIpc) is 2.75. The van der Waals surface area contributed by atoms with Crippen molar-refractivity contribution in [2.75, 3.05) is 19.6 Å². The van der Waals surface area contributed by atoms with Crippen molar-refractivity contribution in [3.8, 4) is 0 Å². The van der Waals surface area contributed by atoms with Gasteiger partial charge in [-0.15, -0.1) is 0 Å². The second kappa shape index (κ2) is 8.36. The first-order valence-electron chi connectivity index (χ1n) is 6.35. The van der Waals surface area contributed by atoms with Gasteiger partial charge in [-0.05, 0) is 38.5 Å². The van der Waals surface area contributed by atoms with Crippen LogP contribution in [-0.2, 0) is 13.0 Å². The molecule has 0 aliphatic carbocycles. The molecule has 1 rings (SSSR count). The minimum absolute atomic E-state index is 0.924. The van der Waals surface area contributed by atoms with E-state index in [2.05, 4.69) is 30.5 Å². The zero-order chi connectivity index (χ0) is 11.6. The van der Waals surface area contributed by atoms with Crippen LogP contribution in [0.1, 0.15) is 38.0 Å². The fraction of sp³-hybridized carbons (Fsp3) is 0.692. The van der Waals surface area contributed by atoms with E-state index in [1.165, 1.54) is 18.4 Å². The molecular weight excluding hydrogens is 200 g/mol. The number of nitrogens with one attached hydrogen (secondary N) is 2. The Morgan fingerprint density at radius 1 is 1.12 bits per heavy atom. The van der Waals surface area contributed by atoms with E-state index < -0.39 is 0 Å². The van der Waals surface area contributed by atoms with Gasteiger partial charge in [0.25, 0.3) is 0 Å². The summed E-state index contributed by atoms with van der Waals surface area (Å²) >= 11 is 0. The van der Waals surface area contributed by atoms with Crippen LogP contribution in [0.15, 0.2) is 16.7 Å². The largest absolute Gasteiger partial charge is 0.469 e. The van der Waals surface area contributed by atoms with Gasteiger partial charge in [-0.3, -0.25) is 0 Å². The quantitative estimate of drug-likeness (QED) is 0.632. The third-order valence-corrected chi connectivity index (χ3v) is 2.61. The SMILES string of the molecule is CCCNCCCNCc1ccoc1CC. The van der Waals surface area contributed by atoms with Crippen molar-refractivity contribution in [2.45, 2.75) is 39.7 Å². The Morgan fingerprint density at radius 3 is 2.69 bits per heavy atom. The molecule has 0 amide bonds. The zero-order valence-electron chi connectivity index (χ0n) is 10.5. The van der Waals surface area contributed by atoms with Crippen molar-refractivity contribution in [2.24, 2.45) is 0 Å². The van der Waals surface area contributed by atoms with Crippen LogP contribution in [0.2, 0.25) is 0 Å². The normalized spacial score (nSPS) is 10.9. The Morgan fingerprint density at radius 2 is 1.94 bits per heavy atom. The van der Waals surface area contributed by atoms with Crippen molar-refractivity contribution in [3.05, 3.63) is 23.7 Å².